The average molecular weight is 322 g/mol. The highest BCUT2D eigenvalue weighted by Crippen LogP contribution is 2.32. The van der Waals surface area contributed by atoms with Crippen LogP contribution in [0.15, 0.2) is 34.3 Å². The molecule has 0 aromatic heterocycles. The molecule has 5 nitrogen and oxygen atoms in total. The highest BCUT2D eigenvalue weighted by atomic mass is 35.5. The van der Waals surface area contributed by atoms with Gasteiger partial charge in [0.15, 0.2) is 0 Å². The van der Waals surface area contributed by atoms with E-state index in [1.807, 2.05) is 24.3 Å². The van der Waals surface area contributed by atoms with Crippen molar-refractivity contribution >= 4 is 29.3 Å². The summed E-state index contributed by atoms with van der Waals surface area (Å²) < 4.78 is 11.1. The third-order valence-corrected chi connectivity index (χ3v) is 4.55. The van der Waals surface area contributed by atoms with Gasteiger partial charge in [0.2, 0.25) is 0 Å². The molecular weight excluding hydrogens is 302 g/mol. The monoisotopic (exact) mass is 321 g/mol. The third-order valence-electron chi connectivity index (χ3n) is 4.32. The topological polar surface area (TPSA) is 55.2 Å². The molecule has 0 radical (unpaired) electrons. The fraction of sp³-hybridized carbons (Fsp3) is 0.500. The first-order valence-corrected chi connectivity index (χ1v) is 7.75. The molecule has 1 aromatic rings. The van der Waals surface area contributed by atoms with E-state index in [2.05, 4.69) is 15.3 Å². The Kier molecular flexibility index (Phi) is 4.76. The lowest BCUT2D eigenvalue weighted by molar-refractivity contribution is -0.0486. The number of rotatable bonds is 4. The molecule has 6 heteroatoms. The van der Waals surface area contributed by atoms with E-state index in [0.717, 1.165) is 24.2 Å². The van der Waals surface area contributed by atoms with Gasteiger partial charge in [0.1, 0.15) is 12.5 Å². The average Bonchev–Trinajstić information content (AvgIpc) is 2.54. The smallest absolute Gasteiger partial charge is 0.128 e. The predicted octanol–water partition coefficient (Wildman–Crippen LogP) is 3.00. The molecular formula is C16H20ClN3O2. The largest absolute Gasteiger partial charge is 0.379 e. The molecule has 1 fully saturated rings. The van der Waals surface area contributed by atoms with Crippen LogP contribution in [0.25, 0.3) is 0 Å². The van der Waals surface area contributed by atoms with Crippen LogP contribution in [0.2, 0.25) is 5.02 Å². The number of nitrogens with one attached hydrogen (secondary N) is 1. The van der Waals surface area contributed by atoms with Gasteiger partial charge >= 0.3 is 0 Å². The van der Waals surface area contributed by atoms with E-state index < -0.39 is 0 Å². The summed E-state index contributed by atoms with van der Waals surface area (Å²) in [6.45, 7) is 0. The fourth-order valence-corrected chi connectivity index (χ4v) is 3.33. The number of ether oxygens (including phenoxy) is 2. The SMILES string of the molecule is COC1CC2=NC=NC(Nc3cccc(Cl)c3)C2CC1OC. The van der Waals surface area contributed by atoms with Crippen molar-refractivity contribution in [3.05, 3.63) is 29.3 Å². The van der Waals surface area contributed by atoms with Crippen molar-refractivity contribution in [3.63, 3.8) is 0 Å². The summed E-state index contributed by atoms with van der Waals surface area (Å²) in [7, 11) is 3.44. The quantitative estimate of drug-likeness (QED) is 0.927. The van der Waals surface area contributed by atoms with E-state index in [-0.39, 0.29) is 24.3 Å². The molecule has 3 rings (SSSR count). The Bertz CT molecular complexity index is 591. The number of fused-ring (bicyclic) bond motifs is 1. The molecule has 4 unspecified atom stereocenters. The standard InChI is InChI=1S/C16H20ClN3O2/c1-21-14-7-12-13(8-15(14)22-2)18-9-19-16(12)20-11-5-3-4-10(17)6-11/h3-6,9,12,14-16,20H,7-8H2,1-2H3. The first-order chi connectivity index (χ1) is 10.7. The van der Waals surface area contributed by atoms with Gasteiger partial charge in [-0.1, -0.05) is 17.7 Å². The molecule has 118 valence electrons. The van der Waals surface area contributed by atoms with E-state index in [1.165, 1.54) is 0 Å². The minimum absolute atomic E-state index is 0.0540. The zero-order valence-corrected chi connectivity index (χ0v) is 13.5. The van der Waals surface area contributed by atoms with Crippen molar-refractivity contribution in [2.75, 3.05) is 19.5 Å². The van der Waals surface area contributed by atoms with E-state index in [4.69, 9.17) is 21.1 Å². The van der Waals surface area contributed by atoms with E-state index >= 15 is 0 Å². The van der Waals surface area contributed by atoms with Crippen LogP contribution in [0.4, 0.5) is 5.69 Å². The highest BCUT2D eigenvalue weighted by molar-refractivity contribution is 6.30. The Morgan fingerprint density at radius 1 is 1.23 bits per heavy atom. The number of nitrogens with zero attached hydrogens (tertiary/aromatic N) is 2. The summed E-state index contributed by atoms with van der Waals surface area (Å²) in [4.78, 5) is 8.95. The van der Waals surface area contributed by atoms with Gasteiger partial charge in [-0.15, -0.1) is 0 Å². The number of benzene rings is 1. The second-order valence-electron chi connectivity index (χ2n) is 5.58. The van der Waals surface area contributed by atoms with Crippen LogP contribution >= 0.6 is 11.6 Å². The molecule has 1 saturated carbocycles. The molecule has 0 bridgehead atoms. The first-order valence-electron chi connectivity index (χ1n) is 7.37. The second-order valence-corrected chi connectivity index (χ2v) is 6.02. The zero-order valence-electron chi connectivity index (χ0n) is 12.7. The molecule has 1 N–H and O–H groups in total. The molecule has 0 amide bonds. The maximum absolute atomic E-state index is 6.04. The van der Waals surface area contributed by atoms with E-state index in [1.54, 1.807) is 20.6 Å². The summed E-state index contributed by atoms with van der Waals surface area (Å²) in [5, 5.41) is 4.14. The molecule has 1 heterocycles. The van der Waals surface area contributed by atoms with Crippen LogP contribution in [0.1, 0.15) is 12.8 Å². The third kappa shape index (κ3) is 3.16. The van der Waals surface area contributed by atoms with Gasteiger partial charge in [0.25, 0.3) is 0 Å². The Morgan fingerprint density at radius 2 is 2.05 bits per heavy atom. The van der Waals surface area contributed by atoms with Crippen molar-refractivity contribution in [3.8, 4) is 0 Å². The molecule has 22 heavy (non-hydrogen) atoms. The summed E-state index contributed by atoms with van der Waals surface area (Å²) in [6, 6.07) is 7.67. The summed E-state index contributed by atoms with van der Waals surface area (Å²) in [5.74, 6) is 0.209. The van der Waals surface area contributed by atoms with Crippen molar-refractivity contribution in [1.29, 1.82) is 0 Å². The van der Waals surface area contributed by atoms with Crippen LogP contribution < -0.4 is 5.32 Å². The lowest BCUT2D eigenvalue weighted by atomic mass is 9.81. The Labute approximate surface area is 135 Å². The molecule has 4 atom stereocenters. The van der Waals surface area contributed by atoms with Crippen molar-refractivity contribution in [1.82, 2.24) is 0 Å². The van der Waals surface area contributed by atoms with Gasteiger partial charge in [-0.3, -0.25) is 0 Å². The van der Waals surface area contributed by atoms with Crippen LogP contribution in [0, 0.1) is 5.92 Å². The summed E-state index contributed by atoms with van der Waals surface area (Å²) >= 11 is 6.04. The highest BCUT2D eigenvalue weighted by Gasteiger charge is 2.39. The van der Waals surface area contributed by atoms with Gasteiger partial charge in [-0.25, -0.2) is 9.98 Å². The van der Waals surface area contributed by atoms with Crippen LogP contribution in [0.3, 0.4) is 0 Å². The van der Waals surface area contributed by atoms with Gasteiger partial charge in [0, 0.05) is 43.0 Å². The number of anilines is 1. The summed E-state index contributed by atoms with van der Waals surface area (Å²) in [5.41, 5.74) is 2.08. The molecule has 1 aliphatic carbocycles. The Balaban J connectivity index is 1.77. The lowest BCUT2D eigenvalue weighted by Crippen LogP contribution is -2.48. The molecule has 1 aliphatic heterocycles. The molecule has 1 aromatic carbocycles. The maximum Gasteiger partial charge on any atom is 0.128 e. The minimum atomic E-state index is -0.0542. The normalized spacial score (nSPS) is 30.6. The fourth-order valence-electron chi connectivity index (χ4n) is 3.14. The van der Waals surface area contributed by atoms with Gasteiger partial charge in [-0.05, 0) is 24.6 Å². The van der Waals surface area contributed by atoms with Gasteiger partial charge in [-0.2, -0.15) is 0 Å². The number of methoxy groups -OCH3 is 2. The minimum Gasteiger partial charge on any atom is -0.379 e. The second kappa shape index (κ2) is 6.77. The van der Waals surface area contributed by atoms with Crippen LogP contribution in [0.5, 0.6) is 0 Å². The predicted molar refractivity (Wildman–Crippen MR) is 89.1 cm³/mol. The maximum atomic E-state index is 6.04. The summed E-state index contributed by atoms with van der Waals surface area (Å²) in [6.07, 6.45) is 3.31. The van der Waals surface area contributed by atoms with Crippen molar-refractivity contribution in [2.45, 2.75) is 31.2 Å². The van der Waals surface area contributed by atoms with Crippen molar-refractivity contribution < 1.29 is 9.47 Å². The van der Waals surface area contributed by atoms with Crippen LogP contribution in [-0.2, 0) is 9.47 Å². The van der Waals surface area contributed by atoms with E-state index in [0.29, 0.717) is 5.02 Å². The van der Waals surface area contributed by atoms with E-state index in [9.17, 15) is 0 Å². The number of hydrogen-bond acceptors (Lipinski definition) is 5. The number of hydrogen-bond donors (Lipinski definition) is 1. The Morgan fingerprint density at radius 3 is 2.77 bits per heavy atom. The molecule has 0 saturated heterocycles. The van der Waals surface area contributed by atoms with Crippen molar-refractivity contribution in [2.24, 2.45) is 15.9 Å². The van der Waals surface area contributed by atoms with Crippen LogP contribution in [-0.4, -0.2) is 44.6 Å². The molecule has 0 spiro atoms. The number of halogens is 1. The van der Waals surface area contributed by atoms with Gasteiger partial charge in [0.05, 0.1) is 12.2 Å². The molecule has 2 aliphatic rings. The Hall–Kier alpha value is -1.43. The number of aliphatic imine (C=N–C) groups is 2. The van der Waals surface area contributed by atoms with Gasteiger partial charge < -0.3 is 14.8 Å². The lowest BCUT2D eigenvalue weighted by Gasteiger charge is -2.39. The first kappa shape index (κ1) is 15.5. The zero-order chi connectivity index (χ0) is 15.5.